The van der Waals surface area contributed by atoms with Crippen molar-refractivity contribution in [2.75, 3.05) is 0 Å². The molecule has 0 spiro atoms. The molecule has 1 heterocycles. The van der Waals surface area contributed by atoms with Crippen molar-refractivity contribution in [1.82, 2.24) is 0 Å². The first-order valence-corrected chi connectivity index (χ1v) is 7.62. The molecule has 0 amide bonds. The van der Waals surface area contributed by atoms with Crippen molar-refractivity contribution >= 4 is 31.5 Å². The van der Waals surface area contributed by atoms with Crippen LogP contribution in [0.3, 0.4) is 0 Å². The van der Waals surface area contributed by atoms with E-state index in [4.69, 9.17) is 0 Å². The van der Waals surface area contributed by atoms with Crippen LogP contribution in [0.4, 0.5) is 0 Å². The molecule has 20 heavy (non-hydrogen) atoms. The van der Waals surface area contributed by atoms with E-state index in [-0.39, 0.29) is 0 Å². The van der Waals surface area contributed by atoms with Gasteiger partial charge in [0.25, 0.3) is 0 Å². The average Bonchev–Trinajstić information content (AvgIpc) is 2.87. The molecule has 1 aromatic heterocycles. The van der Waals surface area contributed by atoms with Crippen LogP contribution in [0.15, 0.2) is 66.7 Å². The lowest BCUT2D eigenvalue weighted by Crippen LogP contribution is -1.84. The molecule has 4 aromatic rings. The van der Waals surface area contributed by atoms with Crippen molar-refractivity contribution in [2.45, 2.75) is 6.92 Å². The van der Waals surface area contributed by atoms with E-state index in [1.54, 1.807) is 0 Å². The predicted molar refractivity (Wildman–Crippen MR) is 89.5 cm³/mol. The predicted octanol–water partition coefficient (Wildman–Crippen LogP) is 6.03. The highest BCUT2D eigenvalue weighted by Gasteiger charge is 2.12. The average molecular weight is 274 g/mol. The van der Waals surface area contributed by atoms with Gasteiger partial charge in [-0.15, -0.1) is 11.3 Å². The molecule has 4 rings (SSSR count). The number of thiophene rings is 1. The first-order valence-electron chi connectivity index (χ1n) is 6.81. The molecule has 0 radical (unpaired) electrons. The van der Waals surface area contributed by atoms with Gasteiger partial charge in [-0.2, -0.15) is 0 Å². The Bertz CT molecular complexity index is 901. The molecule has 0 fully saturated rings. The summed E-state index contributed by atoms with van der Waals surface area (Å²) in [6.07, 6.45) is 0. The molecule has 0 bridgehead atoms. The molecule has 3 aromatic carbocycles. The molecule has 96 valence electrons. The van der Waals surface area contributed by atoms with Crippen LogP contribution in [0.1, 0.15) is 5.56 Å². The number of rotatable bonds is 1. The Labute approximate surface area is 122 Å². The van der Waals surface area contributed by atoms with Gasteiger partial charge in [-0.25, -0.2) is 0 Å². The fourth-order valence-electron chi connectivity index (χ4n) is 2.90. The SMILES string of the molecule is Cc1ccc2sc3ccccc3c2c1-c1ccccc1. The molecule has 0 nitrogen and oxygen atoms in total. The van der Waals surface area contributed by atoms with Gasteiger partial charge in [0.05, 0.1) is 0 Å². The Morgan fingerprint density at radius 1 is 0.700 bits per heavy atom. The van der Waals surface area contributed by atoms with Gasteiger partial charge in [-0.1, -0.05) is 54.6 Å². The Morgan fingerprint density at radius 2 is 1.45 bits per heavy atom. The normalized spacial score (nSPS) is 11.2. The zero-order valence-corrected chi connectivity index (χ0v) is 12.1. The lowest BCUT2D eigenvalue weighted by atomic mass is 9.95. The zero-order chi connectivity index (χ0) is 13.5. The van der Waals surface area contributed by atoms with Crippen LogP contribution in [-0.4, -0.2) is 0 Å². The van der Waals surface area contributed by atoms with Crippen LogP contribution in [0.2, 0.25) is 0 Å². The maximum atomic E-state index is 2.25. The van der Waals surface area contributed by atoms with Gasteiger partial charge in [0, 0.05) is 20.2 Å². The molecule has 0 atom stereocenters. The van der Waals surface area contributed by atoms with Gasteiger partial charge in [-0.3, -0.25) is 0 Å². The number of fused-ring (bicyclic) bond motifs is 3. The van der Waals surface area contributed by atoms with Crippen LogP contribution in [-0.2, 0) is 0 Å². The fraction of sp³-hybridized carbons (Fsp3) is 0.0526. The zero-order valence-electron chi connectivity index (χ0n) is 11.3. The summed E-state index contributed by atoms with van der Waals surface area (Å²) in [6, 6.07) is 23.9. The lowest BCUT2D eigenvalue weighted by molar-refractivity contribution is 1.50. The second-order valence-electron chi connectivity index (χ2n) is 5.09. The van der Waals surface area contributed by atoms with Crippen molar-refractivity contribution < 1.29 is 0 Å². The summed E-state index contributed by atoms with van der Waals surface area (Å²) >= 11 is 1.88. The van der Waals surface area contributed by atoms with Gasteiger partial charge in [0.1, 0.15) is 0 Å². The van der Waals surface area contributed by atoms with Crippen LogP contribution >= 0.6 is 11.3 Å². The Kier molecular flexibility index (Phi) is 2.61. The summed E-state index contributed by atoms with van der Waals surface area (Å²) in [4.78, 5) is 0. The van der Waals surface area contributed by atoms with E-state index in [0.717, 1.165) is 0 Å². The third-order valence-electron chi connectivity index (χ3n) is 3.81. The Morgan fingerprint density at radius 3 is 2.30 bits per heavy atom. The first-order chi connectivity index (χ1) is 9.84. The van der Waals surface area contributed by atoms with E-state index in [2.05, 4.69) is 73.7 Å². The standard InChI is InChI=1S/C19H14S/c1-13-11-12-17-19(15-9-5-6-10-16(15)20-17)18(13)14-7-3-2-4-8-14/h2-12H,1H3. The molecule has 0 aliphatic rings. The molecule has 0 aliphatic heterocycles. The van der Waals surface area contributed by atoms with Gasteiger partial charge in [-0.05, 0) is 35.7 Å². The summed E-state index contributed by atoms with van der Waals surface area (Å²) in [5.74, 6) is 0. The minimum Gasteiger partial charge on any atom is -0.135 e. The van der Waals surface area contributed by atoms with E-state index in [9.17, 15) is 0 Å². The van der Waals surface area contributed by atoms with Crippen LogP contribution in [0, 0.1) is 6.92 Å². The highest BCUT2D eigenvalue weighted by Crippen LogP contribution is 2.41. The van der Waals surface area contributed by atoms with Crippen molar-refractivity contribution in [1.29, 1.82) is 0 Å². The van der Waals surface area contributed by atoms with Gasteiger partial charge in [0.2, 0.25) is 0 Å². The van der Waals surface area contributed by atoms with Crippen molar-refractivity contribution in [3.05, 3.63) is 72.3 Å². The third kappa shape index (κ3) is 1.67. The van der Waals surface area contributed by atoms with E-state index in [0.29, 0.717) is 0 Å². The minimum atomic E-state index is 1.30. The Balaban J connectivity index is 2.21. The smallest absolute Gasteiger partial charge is 0.0361 e. The maximum absolute atomic E-state index is 2.25. The van der Waals surface area contributed by atoms with Crippen molar-refractivity contribution in [3.8, 4) is 11.1 Å². The highest BCUT2D eigenvalue weighted by atomic mass is 32.1. The fourth-order valence-corrected chi connectivity index (χ4v) is 4.01. The van der Waals surface area contributed by atoms with Gasteiger partial charge >= 0.3 is 0 Å². The molecular formula is C19H14S. The largest absolute Gasteiger partial charge is 0.135 e. The van der Waals surface area contributed by atoms with E-state index < -0.39 is 0 Å². The quantitative estimate of drug-likeness (QED) is 0.397. The van der Waals surface area contributed by atoms with Crippen LogP contribution < -0.4 is 0 Å². The molecular weight excluding hydrogens is 260 g/mol. The molecule has 0 N–H and O–H groups in total. The summed E-state index contributed by atoms with van der Waals surface area (Å²) < 4.78 is 2.74. The molecule has 0 saturated carbocycles. The first kappa shape index (κ1) is 11.7. The van der Waals surface area contributed by atoms with E-state index in [1.807, 2.05) is 11.3 Å². The summed E-state index contributed by atoms with van der Waals surface area (Å²) in [7, 11) is 0. The molecule has 1 heteroatoms. The monoisotopic (exact) mass is 274 g/mol. The van der Waals surface area contributed by atoms with E-state index in [1.165, 1.54) is 36.9 Å². The highest BCUT2D eigenvalue weighted by molar-refractivity contribution is 7.25. The number of aryl methyl sites for hydroxylation is 1. The molecule has 0 unspecified atom stereocenters. The van der Waals surface area contributed by atoms with Crippen LogP contribution in [0.25, 0.3) is 31.3 Å². The second-order valence-corrected chi connectivity index (χ2v) is 6.18. The summed E-state index contributed by atoms with van der Waals surface area (Å²) in [6.45, 7) is 2.20. The van der Waals surface area contributed by atoms with Gasteiger partial charge in [0.15, 0.2) is 0 Å². The lowest BCUT2D eigenvalue weighted by Gasteiger charge is -2.08. The number of hydrogen-bond acceptors (Lipinski definition) is 1. The second kappa shape index (κ2) is 4.46. The van der Waals surface area contributed by atoms with E-state index >= 15 is 0 Å². The Hall–Kier alpha value is -2.12. The summed E-state index contributed by atoms with van der Waals surface area (Å²) in [5, 5.41) is 2.77. The molecule has 0 saturated heterocycles. The number of benzene rings is 3. The maximum Gasteiger partial charge on any atom is 0.0361 e. The topological polar surface area (TPSA) is 0 Å². The number of hydrogen-bond donors (Lipinski definition) is 0. The summed E-state index contributed by atoms with van der Waals surface area (Å²) in [5.41, 5.74) is 4.02. The van der Waals surface area contributed by atoms with Crippen molar-refractivity contribution in [2.24, 2.45) is 0 Å². The van der Waals surface area contributed by atoms with Gasteiger partial charge < -0.3 is 0 Å². The third-order valence-corrected chi connectivity index (χ3v) is 4.95. The van der Waals surface area contributed by atoms with Crippen LogP contribution in [0.5, 0.6) is 0 Å². The van der Waals surface area contributed by atoms with Crippen molar-refractivity contribution in [3.63, 3.8) is 0 Å². The molecule has 0 aliphatic carbocycles. The minimum absolute atomic E-state index is 1.30.